The zero-order chi connectivity index (χ0) is 26.3. The highest BCUT2D eigenvalue weighted by atomic mass is 16.5. The van der Waals surface area contributed by atoms with Gasteiger partial charge in [0.05, 0.1) is 25.3 Å². The molecule has 1 unspecified atom stereocenters. The Labute approximate surface area is 210 Å². The Balaban J connectivity index is 1.41. The molecule has 37 heavy (non-hydrogen) atoms. The first-order valence-corrected chi connectivity index (χ1v) is 11.5. The van der Waals surface area contributed by atoms with Crippen LogP contribution in [0.15, 0.2) is 39.9 Å². The highest BCUT2D eigenvalue weighted by Crippen LogP contribution is 2.31. The van der Waals surface area contributed by atoms with Gasteiger partial charge in [-0.2, -0.15) is 0 Å². The van der Waals surface area contributed by atoms with E-state index in [4.69, 9.17) is 10.5 Å². The summed E-state index contributed by atoms with van der Waals surface area (Å²) in [6.45, 7) is 2.45. The molecule has 13 nitrogen and oxygen atoms in total. The Hall–Kier alpha value is -4.65. The smallest absolute Gasteiger partial charge is 0.260 e. The topological polar surface area (TPSA) is 178 Å². The fraction of sp³-hybridized carbons (Fsp3) is 0.292. The Morgan fingerprint density at radius 3 is 2.78 bits per heavy atom. The molecular weight excluding hydrogens is 480 g/mol. The summed E-state index contributed by atoms with van der Waals surface area (Å²) in [6.07, 6.45) is 0.594. The number of pyridine rings is 1. The summed E-state index contributed by atoms with van der Waals surface area (Å²) in [5.74, 6) is 0.571. The fourth-order valence-corrected chi connectivity index (χ4v) is 4.38. The van der Waals surface area contributed by atoms with Crippen LogP contribution in [0.25, 0.3) is 11.5 Å². The number of nitrogens with two attached hydrogens (primary N) is 1. The molecule has 13 heteroatoms. The number of aliphatic hydroxyl groups excluding tert-OH is 1. The van der Waals surface area contributed by atoms with Gasteiger partial charge >= 0.3 is 0 Å². The SMILES string of the molecule is COc1cc2c(cc1C(=O)Nc1cccc(-c3nnnn3C(C)CO)n1)CN(c1c(N)c(=O)c1=O)CC2. The van der Waals surface area contributed by atoms with E-state index in [1.807, 2.05) is 0 Å². The molecular formula is C24H24N8O5. The Morgan fingerprint density at radius 2 is 2.05 bits per heavy atom. The van der Waals surface area contributed by atoms with Gasteiger partial charge in [-0.25, -0.2) is 9.67 Å². The quantitative estimate of drug-likeness (QED) is 0.295. The maximum Gasteiger partial charge on any atom is 0.260 e. The Bertz CT molecular complexity index is 1570. The number of benzene rings is 1. The number of nitrogens with zero attached hydrogens (tertiary/aromatic N) is 6. The van der Waals surface area contributed by atoms with Gasteiger partial charge in [0.25, 0.3) is 16.8 Å². The van der Waals surface area contributed by atoms with Crippen molar-refractivity contribution in [3.8, 4) is 17.3 Å². The van der Waals surface area contributed by atoms with Crippen molar-refractivity contribution < 1.29 is 14.6 Å². The molecule has 1 aliphatic rings. The van der Waals surface area contributed by atoms with Gasteiger partial charge in [-0.1, -0.05) is 6.07 Å². The molecule has 4 N–H and O–H groups in total. The van der Waals surface area contributed by atoms with E-state index in [1.54, 1.807) is 42.2 Å². The molecule has 0 bridgehead atoms. The van der Waals surface area contributed by atoms with Crippen LogP contribution in [0.3, 0.4) is 0 Å². The van der Waals surface area contributed by atoms with Crippen molar-refractivity contribution in [1.29, 1.82) is 0 Å². The van der Waals surface area contributed by atoms with E-state index in [0.717, 1.165) is 11.1 Å². The summed E-state index contributed by atoms with van der Waals surface area (Å²) in [7, 11) is 1.48. The number of nitrogens with one attached hydrogen (secondary N) is 1. The van der Waals surface area contributed by atoms with Crippen LogP contribution in [0.4, 0.5) is 17.2 Å². The second-order valence-electron chi connectivity index (χ2n) is 8.75. The summed E-state index contributed by atoms with van der Waals surface area (Å²) >= 11 is 0. The molecule has 190 valence electrons. The van der Waals surface area contributed by atoms with E-state index in [0.29, 0.717) is 36.8 Å². The number of tetrazole rings is 1. The highest BCUT2D eigenvalue weighted by molar-refractivity contribution is 6.06. The monoisotopic (exact) mass is 504 g/mol. The number of hydrogen-bond donors (Lipinski definition) is 3. The van der Waals surface area contributed by atoms with Crippen LogP contribution in [-0.2, 0) is 13.0 Å². The molecule has 5 rings (SSSR count). The van der Waals surface area contributed by atoms with Crippen LogP contribution in [-0.4, -0.2) is 56.5 Å². The lowest BCUT2D eigenvalue weighted by atomic mass is 9.95. The van der Waals surface area contributed by atoms with Crippen LogP contribution >= 0.6 is 0 Å². The van der Waals surface area contributed by atoms with Crippen molar-refractivity contribution >= 4 is 23.1 Å². The van der Waals surface area contributed by atoms with Gasteiger partial charge in [0, 0.05) is 13.1 Å². The van der Waals surface area contributed by atoms with Gasteiger partial charge in [0.2, 0.25) is 5.82 Å². The number of amides is 1. The number of carbonyl (C=O) groups excluding carboxylic acids is 1. The molecule has 2 aromatic heterocycles. The number of carbonyl (C=O) groups is 1. The van der Waals surface area contributed by atoms with Crippen molar-refractivity contribution in [1.82, 2.24) is 25.2 Å². The summed E-state index contributed by atoms with van der Waals surface area (Å²) in [6, 6.07) is 8.20. The van der Waals surface area contributed by atoms with Crippen molar-refractivity contribution in [2.75, 3.05) is 36.2 Å². The first kappa shape index (κ1) is 24.1. The fourth-order valence-electron chi connectivity index (χ4n) is 4.38. The lowest BCUT2D eigenvalue weighted by Gasteiger charge is -2.32. The average molecular weight is 505 g/mol. The number of rotatable bonds is 7. The lowest BCUT2D eigenvalue weighted by Crippen LogP contribution is -2.44. The molecule has 0 aliphatic carbocycles. The molecule has 0 spiro atoms. The summed E-state index contributed by atoms with van der Waals surface area (Å²) < 4.78 is 6.94. The largest absolute Gasteiger partial charge is 0.496 e. The van der Waals surface area contributed by atoms with Gasteiger partial charge in [0.1, 0.15) is 28.6 Å². The van der Waals surface area contributed by atoms with E-state index >= 15 is 0 Å². The third-order valence-electron chi connectivity index (χ3n) is 6.41. The molecule has 1 aliphatic heterocycles. The first-order valence-electron chi connectivity index (χ1n) is 11.5. The zero-order valence-corrected chi connectivity index (χ0v) is 20.1. The number of anilines is 3. The normalized spacial score (nSPS) is 13.9. The van der Waals surface area contributed by atoms with Gasteiger partial charge in [-0.05, 0) is 59.2 Å². The summed E-state index contributed by atoms with van der Waals surface area (Å²) in [5, 5.41) is 23.8. The maximum atomic E-state index is 13.3. The average Bonchev–Trinajstić information content (AvgIpc) is 3.42. The van der Waals surface area contributed by atoms with Gasteiger partial charge in [-0.3, -0.25) is 14.4 Å². The van der Waals surface area contributed by atoms with Gasteiger partial charge in [-0.15, -0.1) is 5.10 Å². The van der Waals surface area contributed by atoms with Crippen LogP contribution in [0, 0.1) is 0 Å². The first-order chi connectivity index (χ1) is 17.8. The number of fused-ring (bicyclic) bond motifs is 1. The molecule has 1 amide bonds. The molecule has 0 saturated carbocycles. The predicted molar refractivity (Wildman–Crippen MR) is 134 cm³/mol. The van der Waals surface area contributed by atoms with E-state index in [1.165, 1.54) is 11.8 Å². The van der Waals surface area contributed by atoms with Crippen LogP contribution in [0.1, 0.15) is 34.5 Å². The molecule has 0 saturated heterocycles. The molecule has 0 radical (unpaired) electrons. The van der Waals surface area contributed by atoms with E-state index < -0.39 is 16.8 Å². The minimum absolute atomic E-state index is 0.0229. The molecule has 1 atom stereocenters. The second-order valence-corrected chi connectivity index (χ2v) is 8.75. The van der Waals surface area contributed by atoms with Gasteiger partial charge < -0.3 is 25.8 Å². The van der Waals surface area contributed by atoms with Crippen molar-refractivity contribution in [3.63, 3.8) is 0 Å². The second kappa shape index (κ2) is 9.43. The van der Waals surface area contributed by atoms with Crippen LogP contribution < -0.4 is 31.5 Å². The zero-order valence-electron chi connectivity index (χ0n) is 20.1. The standard InChI is InChI=1S/C24H24N8O5/c1-12(11-33)32-23(28-29-30-32)16-4-3-5-18(26-16)27-24(36)15-8-14-10-31(20-19(25)21(34)22(20)35)7-6-13(14)9-17(15)37-2/h3-5,8-9,12,33H,6-7,10-11,25H2,1-2H3,(H,26,27,36). The Kier molecular flexibility index (Phi) is 6.13. The number of ether oxygens (including phenoxy) is 1. The highest BCUT2D eigenvalue weighted by Gasteiger charge is 2.28. The van der Waals surface area contributed by atoms with Crippen LogP contribution in [0.2, 0.25) is 0 Å². The maximum absolute atomic E-state index is 13.3. The van der Waals surface area contributed by atoms with E-state index in [-0.39, 0.29) is 35.4 Å². The van der Waals surface area contributed by atoms with E-state index in [2.05, 4.69) is 25.8 Å². The number of aromatic nitrogens is 5. The molecule has 4 aromatic rings. The van der Waals surface area contributed by atoms with Gasteiger partial charge in [0.15, 0.2) is 0 Å². The third-order valence-corrected chi connectivity index (χ3v) is 6.41. The summed E-state index contributed by atoms with van der Waals surface area (Å²) in [4.78, 5) is 43.1. The molecule has 3 heterocycles. The lowest BCUT2D eigenvalue weighted by molar-refractivity contribution is 0.102. The van der Waals surface area contributed by atoms with Crippen molar-refractivity contribution in [2.24, 2.45) is 0 Å². The van der Waals surface area contributed by atoms with Crippen LogP contribution in [0.5, 0.6) is 5.75 Å². The number of hydrogen-bond acceptors (Lipinski definition) is 11. The van der Waals surface area contributed by atoms with E-state index in [9.17, 15) is 19.5 Å². The molecule has 0 fully saturated rings. The number of nitrogen functional groups attached to an aromatic ring is 1. The molecule has 2 aromatic carbocycles. The van der Waals surface area contributed by atoms with Crippen molar-refractivity contribution in [2.45, 2.75) is 25.9 Å². The van der Waals surface area contributed by atoms with Crippen molar-refractivity contribution in [3.05, 3.63) is 67.5 Å². The minimum atomic E-state index is -0.662. The predicted octanol–water partition coefficient (Wildman–Crippen LogP) is 0.290. The third kappa shape index (κ3) is 4.18. The number of methoxy groups -OCH3 is 1. The minimum Gasteiger partial charge on any atom is -0.496 e. The Morgan fingerprint density at radius 1 is 1.24 bits per heavy atom. The number of aliphatic hydroxyl groups is 1. The summed E-state index contributed by atoms with van der Waals surface area (Å²) in [5.41, 5.74) is 7.21.